The average Bonchev–Trinajstić information content (AvgIpc) is 2.81. The molecule has 5 heteroatoms. The summed E-state index contributed by atoms with van der Waals surface area (Å²) >= 11 is 0. The van der Waals surface area contributed by atoms with Crippen LogP contribution in [0.15, 0.2) is 101 Å². The maximum Gasteiger partial charge on any atom is 0.207 e. The molecule has 0 spiro atoms. The number of para-hydroxylation sites is 4. The summed E-state index contributed by atoms with van der Waals surface area (Å²) in [5.74, 6) is 1.47. The van der Waals surface area contributed by atoms with Crippen molar-refractivity contribution in [3.05, 3.63) is 102 Å². The van der Waals surface area contributed by atoms with Gasteiger partial charge in [-0.3, -0.25) is 0 Å². The standard InChI is InChI=1S/C27H21NO3S/c1-27(2)19-9-3-8-14-25(19)32(29,30)26-17-18(15-16-20(26)27)28-21-10-4-6-12-23(21)31-24-13-7-5-11-22(24)28/h3-17H,1-2H3. The Hall–Kier alpha value is -3.57. The fraction of sp³-hybridized carbons (Fsp3) is 0.111. The van der Waals surface area contributed by atoms with E-state index < -0.39 is 15.3 Å². The predicted octanol–water partition coefficient (Wildman–Crippen LogP) is 6.73. The summed E-state index contributed by atoms with van der Waals surface area (Å²) in [4.78, 5) is 2.81. The van der Waals surface area contributed by atoms with E-state index in [0.717, 1.165) is 39.7 Å². The van der Waals surface area contributed by atoms with Crippen LogP contribution in [0.1, 0.15) is 25.0 Å². The Bertz CT molecular complexity index is 1460. The first-order chi connectivity index (χ1) is 15.4. The molecule has 0 aromatic heterocycles. The second-order valence-corrected chi connectivity index (χ2v) is 10.6. The van der Waals surface area contributed by atoms with Crippen LogP contribution in [0.3, 0.4) is 0 Å². The van der Waals surface area contributed by atoms with E-state index in [4.69, 9.17) is 4.74 Å². The molecular weight excluding hydrogens is 418 g/mol. The second-order valence-electron chi connectivity index (χ2n) is 8.68. The van der Waals surface area contributed by atoms with Crippen molar-refractivity contribution in [2.45, 2.75) is 29.1 Å². The van der Waals surface area contributed by atoms with Gasteiger partial charge in [-0.25, -0.2) is 8.42 Å². The van der Waals surface area contributed by atoms with Gasteiger partial charge in [0.15, 0.2) is 11.5 Å². The molecule has 0 unspecified atom stereocenters. The molecule has 4 aromatic rings. The molecule has 2 aliphatic rings. The predicted molar refractivity (Wildman–Crippen MR) is 125 cm³/mol. The minimum absolute atomic E-state index is 0.361. The number of benzene rings is 4. The van der Waals surface area contributed by atoms with E-state index in [1.54, 1.807) is 18.2 Å². The van der Waals surface area contributed by atoms with Crippen LogP contribution in [-0.2, 0) is 15.3 Å². The average molecular weight is 440 g/mol. The van der Waals surface area contributed by atoms with Crippen LogP contribution in [0.4, 0.5) is 17.1 Å². The molecule has 0 saturated heterocycles. The molecule has 4 nitrogen and oxygen atoms in total. The van der Waals surface area contributed by atoms with Gasteiger partial charge in [-0.15, -0.1) is 0 Å². The summed E-state index contributed by atoms with van der Waals surface area (Å²) < 4.78 is 33.4. The van der Waals surface area contributed by atoms with E-state index in [0.29, 0.717) is 9.79 Å². The first-order valence-corrected chi connectivity index (χ1v) is 12.0. The highest BCUT2D eigenvalue weighted by molar-refractivity contribution is 7.91. The maximum atomic E-state index is 13.7. The van der Waals surface area contributed by atoms with Crippen molar-refractivity contribution in [3.8, 4) is 11.5 Å². The van der Waals surface area contributed by atoms with E-state index >= 15 is 0 Å². The van der Waals surface area contributed by atoms with Gasteiger partial charge in [-0.1, -0.05) is 62.4 Å². The number of fused-ring (bicyclic) bond motifs is 4. The molecule has 0 N–H and O–H groups in total. The zero-order valence-corrected chi connectivity index (χ0v) is 18.6. The minimum atomic E-state index is -3.65. The van der Waals surface area contributed by atoms with Crippen LogP contribution in [0, 0.1) is 0 Å². The fourth-order valence-electron chi connectivity index (χ4n) is 4.85. The van der Waals surface area contributed by atoms with Crippen LogP contribution < -0.4 is 9.64 Å². The van der Waals surface area contributed by atoms with Crippen LogP contribution in [0.25, 0.3) is 0 Å². The Balaban J connectivity index is 1.61. The fourth-order valence-corrected chi connectivity index (χ4v) is 6.85. The van der Waals surface area contributed by atoms with E-state index in [9.17, 15) is 8.42 Å². The number of hydrogen-bond donors (Lipinski definition) is 0. The van der Waals surface area contributed by atoms with Crippen LogP contribution >= 0.6 is 0 Å². The molecular formula is C27H21NO3S. The quantitative estimate of drug-likeness (QED) is 0.290. The molecule has 158 valence electrons. The molecule has 0 radical (unpaired) electrons. The lowest BCUT2D eigenvalue weighted by atomic mass is 9.77. The van der Waals surface area contributed by atoms with Crippen molar-refractivity contribution in [3.63, 3.8) is 0 Å². The molecule has 32 heavy (non-hydrogen) atoms. The zero-order valence-electron chi connectivity index (χ0n) is 17.7. The number of nitrogens with zero attached hydrogens (tertiary/aromatic N) is 1. The van der Waals surface area contributed by atoms with Gasteiger partial charge in [0.05, 0.1) is 21.2 Å². The largest absolute Gasteiger partial charge is 0.453 e. The Morgan fingerprint density at radius 3 is 1.94 bits per heavy atom. The number of rotatable bonds is 1. The van der Waals surface area contributed by atoms with Gasteiger partial charge in [-0.2, -0.15) is 0 Å². The number of hydrogen-bond acceptors (Lipinski definition) is 4. The normalized spacial score (nSPS) is 16.8. The number of ether oxygens (including phenoxy) is 1. The lowest BCUT2D eigenvalue weighted by Gasteiger charge is -2.37. The zero-order chi connectivity index (χ0) is 22.1. The third kappa shape index (κ3) is 2.52. The highest BCUT2D eigenvalue weighted by Gasteiger charge is 2.41. The third-order valence-electron chi connectivity index (χ3n) is 6.47. The molecule has 0 fully saturated rings. The van der Waals surface area contributed by atoms with Crippen LogP contribution in [-0.4, -0.2) is 8.42 Å². The van der Waals surface area contributed by atoms with Crippen molar-refractivity contribution in [2.24, 2.45) is 0 Å². The van der Waals surface area contributed by atoms with Crippen molar-refractivity contribution in [1.29, 1.82) is 0 Å². The summed E-state index contributed by atoms with van der Waals surface area (Å²) in [7, 11) is -3.65. The second kappa shape index (κ2) is 6.47. The van der Waals surface area contributed by atoms with E-state index in [-0.39, 0.29) is 0 Å². The summed E-state index contributed by atoms with van der Waals surface area (Å²) in [6, 6.07) is 28.7. The number of anilines is 3. The molecule has 0 bridgehead atoms. The summed E-state index contributed by atoms with van der Waals surface area (Å²) in [5, 5.41) is 0. The first-order valence-electron chi connectivity index (χ1n) is 10.5. The van der Waals surface area contributed by atoms with Crippen molar-refractivity contribution in [1.82, 2.24) is 0 Å². The smallest absolute Gasteiger partial charge is 0.207 e. The van der Waals surface area contributed by atoms with Crippen molar-refractivity contribution in [2.75, 3.05) is 4.90 Å². The summed E-state index contributed by atoms with van der Waals surface area (Å²) in [6.45, 7) is 4.16. The Labute approximate surface area is 187 Å². The first kappa shape index (κ1) is 19.1. The van der Waals surface area contributed by atoms with Crippen molar-refractivity contribution < 1.29 is 13.2 Å². The molecule has 0 saturated carbocycles. The molecule has 0 aliphatic carbocycles. The van der Waals surface area contributed by atoms with Crippen molar-refractivity contribution >= 4 is 26.9 Å². The Kier molecular flexibility index (Phi) is 3.87. The highest BCUT2D eigenvalue weighted by Crippen LogP contribution is 2.52. The highest BCUT2D eigenvalue weighted by atomic mass is 32.2. The molecule has 6 rings (SSSR count). The van der Waals surface area contributed by atoms with E-state index in [2.05, 4.69) is 18.7 Å². The molecule has 4 aromatic carbocycles. The van der Waals surface area contributed by atoms with Gasteiger partial charge >= 0.3 is 0 Å². The van der Waals surface area contributed by atoms with Gasteiger partial charge in [-0.05, 0) is 53.6 Å². The van der Waals surface area contributed by atoms with E-state index in [1.807, 2.05) is 72.8 Å². The van der Waals surface area contributed by atoms with Gasteiger partial charge in [0, 0.05) is 11.1 Å². The van der Waals surface area contributed by atoms with Gasteiger partial charge in [0.25, 0.3) is 0 Å². The SMILES string of the molecule is CC1(C)c2ccccc2S(=O)(=O)c2cc(N3c4ccccc4Oc4ccccc43)ccc21. The van der Waals surface area contributed by atoms with Crippen LogP contribution in [0.2, 0.25) is 0 Å². The molecule has 2 heterocycles. The van der Waals surface area contributed by atoms with Gasteiger partial charge in [0.2, 0.25) is 9.84 Å². The lowest BCUT2D eigenvalue weighted by Crippen LogP contribution is -2.30. The molecule has 2 aliphatic heterocycles. The third-order valence-corrected chi connectivity index (χ3v) is 8.32. The summed E-state index contributed by atoms with van der Waals surface area (Å²) in [5.41, 5.74) is 3.76. The summed E-state index contributed by atoms with van der Waals surface area (Å²) in [6.07, 6.45) is 0. The number of sulfone groups is 1. The van der Waals surface area contributed by atoms with Gasteiger partial charge < -0.3 is 9.64 Å². The maximum absolute atomic E-state index is 13.7. The van der Waals surface area contributed by atoms with Gasteiger partial charge in [0.1, 0.15) is 0 Å². The molecule has 0 atom stereocenters. The van der Waals surface area contributed by atoms with Crippen LogP contribution in [0.5, 0.6) is 11.5 Å². The Morgan fingerprint density at radius 2 is 1.25 bits per heavy atom. The Morgan fingerprint density at radius 1 is 0.688 bits per heavy atom. The molecule has 0 amide bonds. The van der Waals surface area contributed by atoms with E-state index in [1.165, 1.54) is 0 Å². The monoisotopic (exact) mass is 439 g/mol. The minimum Gasteiger partial charge on any atom is -0.453 e. The lowest BCUT2D eigenvalue weighted by molar-refractivity contribution is 0.477. The topological polar surface area (TPSA) is 46.6 Å².